The van der Waals surface area contributed by atoms with Crippen molar-refractivity contribution < 1.29 is 0 Å². The van der Waals surface area contributed by atoms with Gasteiger partial charge in [0.25, 0.3) is 0 Å². The number of aromatic amines is 1. The van der Waals surface area contributed by atoms with Crippen molar-refractivity contribution in [2.75, 3.05) is 0 Å². The molecule has 0 saturated carbocycles. The summed E-state index contributed by atoms with van der Waals surface area (Å²) in [5.41, 5.74) is 3.19. The van der Waals surface area contributed by atoms with Gasteiger partial charge in [0.2, 0.25) is 0 Å². The Morgan fingerprint density at radius 1 is 1.32 bits per heavy atom. The van der Waals surface area contributed by atoms with Crippen LogP contribution in [0.1, 0.15) is 11.4 Å². The van der Waals surface area contributed by atoms with Crippen LogP contribution in [-0.2, 0) is 13.1 Å². The molecule has 96 valence electrons. The molecule has 0 fully saturated rings. The largest absolute Gasteiger partial charge is 0.341 e. The number of aromatic nitrogens is 4. The molecule has 3 rings (SSSR count). The van der Waals surface area contributed by atoms with Crippen LogP contribution in [0.5, 0.6) is 0 Å². The SMILES string of the molecule is C=Cn1cc(CNCc2nc3ccccc3[nH]2)cn1. The van der Waals surface area contributed by atoms with E-state index in [0.29, 0.717) is 6.54 Å². The van der Waals surface area contributed by atoms with Gasteiger partial charge in [0.1, 0.15) is 5.82 Å². The molecule has 2 heterocycles. The van der Waals surface area contributed by atoms with Crippen molar-refractivity contribution in [3.05, 3.63) is 54.6 Å². The first kappa shape index (κ1) is 11.7. The van der Waals surface area contributed by atoms with Crippen LogP contribution in [0.25, 0.3) is 17.2 Å². The Morgan fingerprint density at radius 3 is 3.00 bits per heavy atom. The van der Waals surface area contributed by atoms with Crippen molar-refractivity contribution in [3.63, 3.8) is 0 Å². The van der Waals surface area contributed by atoms with E-state index in [2.05, 4.69) is 27.0 Å². The maximum absolute atomic E-state index is 4.51. The molecule has 0 spiro atoms. The zero-order valence-corrected chi connectivity index (χ0v) is 10.5. The summed E-state index contributed by atoms with van der Waals surface area (Å²) in [5.74, 6) is 0.942. The Balaban J connectivity index is 1.61. The minimum atomic E-state index is 0.702. The number of nitrogens with one attached hydrogen (secondary N) is 2. The van der Waals surface area contributed by atoms with E-state index in [0.717, 1.165) is 29.0 Å². The average molecular weight is 253 g/mol. The Kier molecular flexibility index (Phi) is 3.12. The fourth-order valence-corrected chi connectivity index (χ4v) is 1.98. The molecule has 3 aromatic rings. The molecule has 0 amide bonds. The minimum absolute atomic E-state index is 0.702. The van der Waals surface area contributed by atoms with Crippen LogP contribution in [-0.4, -0.2) is 19.7 Å². The summed E-state index contributed by atoms with van der Waals surface area (Å²) in [6.07, 6.45) is 5.44. The Bertz CT molecular complexity index is 662. The first-order chi connectivity index (χ1) is 9.35. The molecule has 0 aliphatic rings. The van der Waals surface area contributed by atoms with Crippen molar-refractivity contribution in [1.29, 1.82) is 0 Å². The Hall–Kier alpha value is -2.40. The number of hydrogen-bond acceptors (Lipinski definition) is 3. The molecule has 0 aliphatic carbocycles. The van der Waals surface area contributed by atoms with Crippen LogP contribution in [0.3, 0.4) is 0 Å². The predicted octanol–water partition coefficient (Wildman–Crippen LogP) is 2.15. The van der Waals surface area contributed by atoms with E-state index in [1.807, 2.05) is 36.7 Å². The van der Waals surface area contributed by atoms with Gasteiger partial charge in [0.15, 0.2) is 0 Å². The topological polar surface area (TPSA) is 58.5 Å². The summed E-state index contributed by atoms with van der Waals surface area (Å²) in [5, 5.41) is 7.47. The second kappa shape index (κ2) is 5.07. The quantitative estimate of drug-likeness (QED) is 0.732. The Labute approximate surface area is 111 Å². The van der Waals surface area contributed by atoms with Gasteiger partial charge >= 0.3 is 0 Å². The Morgan fingerprint density at radius 2 is 2.21 bits per heavy atom. The molecule has 5 nitrogen and oxygen atoms in total. The summed E-state index contributed by atoms with van der Waals surface area (Å²) < 4.78 is 1.69. The fraction of sp³-hybridized carbons (Fsp3) is 0.143. The summed E-state index contributed by atoms with van der Waals surface area (Å²) in [6, 6.07) is 8.02. The number of nitrogens with zero attached hydrogens (tertiary/aromatic N) is 3. The lowest BCUT2D eigenvalue weighted by molar-refractivity contribution is 0.670. The monoisotopic (exact) mass is 253 g/mol. The zero-order valence-electron chi connectivity index (χ0n) is 10.5. The summed E-state index contributed by atoms with van der Waals surface area (Å²) in [7, 11) is 0. The maximum Gasteiger partial charge on any atom is 0.121 e. The zero-order chi connectivity index (χ0) is 13.1. The van der Waals surface area contributed by atoms with E-state index in [9.17, 15) is 0 Å². The molecule has 0 aliphatic heterocycles. The van der Waals surface area contributed by atoms with E-state index < -0.39 is 0 Å². The van der Waals surface area contributed by atoms with Gasteiger partial charge in [-0.1, -0.05) is 18.7 Å². The van der Waals surface area contributed by atoms with Crippen molar-refractivity contribution in [1.82, 2.24) is 25.1 Å². The number of rotatable bonds is 5. The van der Waals surface area contributed by atoms with E-state index in [4.69, 9.17) is 0 Å². The van der Waals surface area contributed by atoms with Crippen molar-refractivity contribution >= 4 is 17.2 Å². The highest BCUT2D eigenvalue weighted by molar-refractivity contribution is 5.74. The highest BCUT2D eigenvalue weighted by Gasteiger charge is 2.02. The van der Waals surface area contributed by atoms with Gasteiger partial charge in [-0.3, -0.25) is 0 Å². The second-order valence-electron chi connectivity index (χ2n) is 4.32. The maximum atomic E-state index is 4.51. The van der Waals surface area contributed by atoms with E-state index in [1.54, 1.807) is 10.9 Å². The van der Waals surface area contributed by atoms with Crippen LogP contribution < -0.4 is 5.32 Å². The standard InChI is InChI=1S/C14H15N5/c1-2-19-10-11(8-16-19)7-15-9-14-17-12-5-3-4-6-13(12)18-14/h2-6,8,10,15H,1,7,9H2,(H,17,18). The minimum Gasteiger partial charge on any atom is -0.341 e. The molecule has 1 aromatic carbocycles. The first-order valence-corrected chi connectivity index (χ1v) is 6.15. The van der Waals surface area contributed by atoms with E-state index >= 15 is 0 Å². The van der Waals surface area contributed by atoms with Crippen molar-refractivity contribution in [3.8, 4) is 0 Å². The predicted molar refractivity (Wildman–Crippen MR) is 75.3 cm³/mol. The van der Waals surface area contributed by atoms with Crippen molar-refractivity contribution in [2.24, 2.45) is 0 Å². The number of hydrogen-bond donors (Lipinski definition) is 2. The highest BCUT2D eigenvalue weighted by atomic mass is 15.2. The molecule has 5 heteroatoms. The highest BCUT2D eigenvalue weighted by Crippen LogP contribution is 2.10. The van der Waals surface area contributed by atoms with Crippen LogP contribution >= 0.6 is 0 Å². The number of benzene rings is 1. The van der Waals surface area contributed by atoms with Crippen LogP contribution in [0.4, 0.5) is 0 Å². The number of para-hydroxylation sites is 2. The van der Waals surface area contributed by atoms with Gasteiger partial charge in [0, 0.05) is 24.5 Å². The third-order valence-corrected chi connectivity index (χ3v) is 2.90. The van der Waals surface area contributed by atoms with Gasteiger partial charge in [-0.05, 0) is 12.1 Å². The lowest BCUT2D eigenvalue weighted by Gasteiger charge is -1.99. The van der Waals surface area contributed by atoms with Crippen LogP contribution in [0.15, 0.2) is 43.2 Å². The first-order valence-electron chi connectivity index (χ1n) is 6.15. The molecule has 0 bridgehead atoms. The molecular formula is C14H15N5. The smallest absolute Gasteiger partial charge is 0.121 e. The molecule has 0 saturated heterocycles. The van der Waals surface area contributed by atoms with E-state index in [-0.39, 0.29) is 0 Å². The molecular weight excluding hydrogens is 238 g/mol. The average Bonchev–Trinajstić information content (AvgIpc) is 3.04. The summed E-state index contributed by atoms with van der Waals surface area (Å²) in [6.45, 7) is 5.12. The molecule has 2 aromatic heterocycles. The number of H-pyrrole nitrogens is 1. The molecule has 0 unspecified atom stereocenters. The van der Waals surface area contributed by atoms with Crippen LogP contribution in [0.2, 0.25) is 0 Å². The number of imidazole rings is 1. The molecule has 19 heavy (non-hydrogen) atoms. The van der Waals surface area contributed by atoms with Gasteiger partial charge in [-0.2, -0.15) is 5.10 Å². The van der Waals surface area contributed by atoms with Gasteiger partial charge < -0.3 is 10.3 Å². The molecule has 0 radical (unpaired) electrons. The molecule has 2 N–H and O–H groups in total. The van der Waals surface area contributed by atoms with Gasteiger partial charge in [-0.15, -0.1) is 0 Å². The van der Waals surface area contributed by atoms with E-state index in [1.165, 1.54) is 0 Å². The third kappa shape index (κ3) is 2.56. The molecule has 0 atom stereocenters. The van der Waals surface area contributed by atoms with Crippen LogP contribution in [0, 0.1) is 0 Å². The van der Waals surface area contributed by atoms with Crippen molar-refractivity contribution in [2.45, 2.75) is 13.1 Å². The summed E-state index contributed by atoms with van der Waals surface area (Å²) >= 11 is 0. The van der Waals surface area contributed by atoms with Gasteiger partial charge in [0.05, 0.1) is 23.8 Å². The lowest BCUT2D eigenvalue weighted by Crippen LogP contribution is -2.13. The van der Waals surface area contributed by atoms with Gasteiger partial charge in [-0.25, -0.2) is 9.67 Å². The third-order valence-electron chi connectivity index (χ3n) is 2.90. The fourth-order valence-electron chi connectivity index (χ4n) is 1.98. The second-order valence-corrected chi connectivity index (χ2v) is 4.32. The summed E-state index contributed by atoms with van der Waals surface area (Å²) in [4.78, 5) is 7.80. The number of fused-ring (bicyclic) bond motifs is 1. The lowest BCUT2D eigenvalue weighted by atomic mass is 10.3. The normalized spacial score (nSPS) is 10.9.